The van der Waals surface area contributed by atoms with Gasteiger partial charge in [-0.25, -0.2) is 0 Å². The van der Waals surface area contributed by atoms with Crippen LogP contribution in [0.15, 0.2) is 0 Å². The Labute approximate surface area is 215 Å². The van der Waals surface area contributed by atoms with E-state index in [1.54, 1.807) is 0 Å². The summed E-state index contributed by atoms with van der Waals surface area (Å²) in [6.45, 7) is 3.29. The van der Waals surface area contributed by atoms with Crippen LogP contribution in [0.5, 0.6) is 0 Å². The van der Waals surface area contributed by atoms with Crippen LogP contribution in [-0.4, -0.2) is 128 Å². The van der Waals surface area contributed by atoms with Crippen LogP contribution in [0, 0.1) is 0 Å². The SMILES string of the molecule is COC[C@H]1O[C@@](COC)(O[C@H]2O[C@H](COC(C)=O)[C@@H](OC(C)=O)[C@H](OC(C)=O)[C@H]2OC)[C@@H](OC)[C@@H]1OC. The van der Waals surface area contributed by atoms with E-state index in [0.717, 1.165) is 0 Å². The molecule has 214 valence electrons. The summed E-state index contributed by atoms with van der Waals surface area (Å²) in [4.78, 5) is 35.4. The summed E-state index contributed by atoms with van der Waals surface area (Å²) < 4.78 is 62.4. The standard InChI is InChI=1S/C23H38O14/c1-12(24)32-10-15-17(33-13(2)25)19(34-14(3)26)20(30-7)22(35-15)37-23(11-28-5)21(31-8)18(29-6)16(36-23)9-27-4/h15-22H,9-11H2,1-8H3/t15-,16-,17-,18-,19+,20-,21+,22-,23+/m1/s1. The minimum Gasteiger partial charge on any atom is -0.463 e. The van der Waals surface area contributed by atoms with E-state index in [-0.39, 0.29) is 19.8 Å². The molecule has 2 rings (SSSR count). The van der Waals surface area contributed by atoms with E-state index in [1.165, 1.54) is 56.3 Å². The van der Waals surface area contributed by atoms with Gasteiger partial charge in [-0.1, -0.05) is 0 Å². The van der Waals surface area contributed by atoms with Gasteiger partial charge in [-0.15, -0.1) is 0 Å². The van der Waals surface area contributed by atoms with Crippen molar-refractivity contribution in [1.82, 2.24) is 0 Å². The molecular formula is C23H38O14. The Morgan fingerprint density at radius 1 is 0.703 bits per heavy atom. The molecule has 14 heteroatoms. The molecule has 0 spiro atoms. The average molecular weight is 539 g/mol. The van der Waals surface area contributed by atoms with E-state index in [4.69, 9.17) is 52.1 Å². The third-order valence-electron chi connectivity index (χ3n) is 5.89. The lowest BCUT2D eigenvalue weighted by Gasteiger charge is -2.46. The van der Waals surface area contributed by atoms with E-state index in [2.05, 4.69) is 0 Å². The van der Waals surface area contributed by atoms with Crippen LogP contribution in [0.2, 0.25) is 0 Å². The Kier molecular flexibility index (Phi) is 12.1. The van der Waals surface area contributed by atoms with Gasteiger partial charge in [0.05, 0.1) is 6.61 Å². The molecule has 2 fully saturated rings. The maximum atomic E-state index is 12.0. The number of methoxy groups -OCH3 is 5. The number of hydrogen-bond acceptors (Lipinski definition) is 14. The average Bonchev–Trinajstić information content (AvgIpc) is 3.11. The molecule has 0 amide bonds. The van der Waals surface area contributed by atoms with E-state index in [0.29, 0.717) is 0 Å². The van der Waals surface area contributed by atoms with Crippen LogP contribution in [0.4, 0.5) is 0 Å². The normalized spacial score (nSPS) is 35.7. The van der Waals surface area contributed by atoms with E-state index in [1.807, 2.05) is 0 Å². The minimum absolute atomic E-state index is 0.123. The van der Waals surface area contributed by atoms with Gasteiger partial charge in [-0.3, -0.25) is 14.4 Å². The third kappa shape index (κ3) is 7.57. The van der Waals surface area contributed by atoms with Gasteiger partial charge in [0.25, 0.3) is 0 Å². The number of carbonyl (C=O) groups is 3. The smallest absolute Gasteiger partial charge is 0.303 e. The van der Waals surface area contributed by atoms with E-state index < -0.39 is 72.7 Å². The lowest BCUT2D eigenvalue weighted by Crippen LogP contribution is -2.65. The van der Waals surface area contributed by atoms with Crippen LogP contribution >= 0.6 is 0 Å². The van der Waals surface area contributed by atoms with E-state index >= 15 is 0 Å². The Morgan fingerprint density at radius 2 is 1.32 bits per heavy atom. The molecule has 2 saturated heterocycles. The van der Waals surface area contributed by atoms with Gasteiger partial charge >= 0.3 is 17.9 Å². The van der Waals surface area contributed by atoms with Crippen molar-refractivity contribution in [1.29, 1.82) is 0 Å². The zero-order chi connectivity index (χ0) is 27.8. The first kappa shape index (κ1) is 31.3. The van der Waals surface area contributed by atoms with Crippen LogP contribution in [0.3, 0.4) is 0 Å². The lowest BCUT2D eigenvalue weighted by molar-refractivity contribution is -0.387. The number of hydrogen-bond donors (Lipinski definition) is 0. The molecule has 0 radical (unpaired) electrons. The second-order valence-corrected chi connectivity index (χ2v) is 8.52. The predicted molar refractivity (Wildman–Crippen MR) is 121 cm³/mol. The third-order valence-corrected chi connectivity index (χ3v) is 5.89. The largest absolute Gasteiger partial charge is 0.463 e. The highest BCUT2D eigenvalue weighted by Crippen LogP contribution is 2.40. The van der Waals surface area contributed by atoms with Gasteiger partial charge in [-0.05, 0) is 0 Å². The maximum absolute atomic E-state index is 12.0. The predicted octanol–water partition coefficient (Wildman–Crippen LogP) is -0.413. The van der Waals surface area contributed by atoms with Gasteiger partial charge in [0.15, 0.2) is 18.5 Å². The maximum Gasteiger partial charge on any atom is 0.303 e. The van der Waals surface area contributed by atoms with Crippen molar-refractivity contribution in [3.63, 3.8) is 0 Å². The van der Waals surface area contributed by atoms with Gasteiger partial charge < -0.3 is 52.1 Å². The summed E-state index contributed by atoms with van der Waals surface area (Å²) in [6.07, 6.45) is -7.91. The first-order valence-electron chi connectivity index (χ1n) is 11.6. The molecule has 37 heavy (non-hydrogen) atoms. The molecule has 2 aliphatic rings. The summed E-state index contributed by atoms with van der Waals surface area (Å²) in [5, 5.41) is 0. The molecule has 0 N–H and O–H groups in total. The van der Waals surface area contributed by atoms with E-state index in [9.17, 15) is 14.4 Å². The molecular weight excluding hydrogens is 500 g/mol. The first-order chi connectivity index (χ1) is 17.6. The molecule has 2 aliphatic heterocycles. The van der Waals surface area contributed by atoms with Crippen LogP contribution in [-0.2, 0) is 66.5 Å². The molecule has 0 unspecified atom stereocenters. The summed E-state index contributed by atoms with van der Waals surface area (Å²) >= 11 is 0. The van der Waals surface area contributed by atoms with Crippen molar-refractivity contribution in [2.45, 2.75) is 75.6 Å². The van der Waals surface area contributed by atoms with Gasteiger partial charge in [0.1, 0.15) is 43.7 Å². The Morgan fingerprint density at radius 3 is 1.81 bits per heavy atom. The Bertz CT molecular complexity index is 762. The fraction of sp³-hybridized carbons (Fsp3) is 0.870. The zero-order valence-corrected chi connectivity index (χ0v) is 22.5. The quantitative estimate of drug-likeness (QED) is 0.220. The van der Waals surface area contributed by atoms with Crippen molar-refractivity contribution in [3.05, 3.63) is 0 Å². The molecule has 0 bridgehead atoms. The van der Waals surface area contributed by atoms with Crippen LogP contribution < -0.4 is 0 Å². The zero-order valence-electron chi connectivity index (χ0n) is 22.5. The number of carbonyl (C=O) groups excluding carboxylic acids is 3. The fourth-order valence-corrected chi connectivity index (χ4v) is 4.58. The second-order valence-electron chi connectivity index (χ2n) is 8.52. The van der Waals surface area contributed by atoms with Crippen molar-refractivity contribution in [2.75, 3.05) is 55.4 Å². The molecule has 0 aromatic rings. The van der Waals surface area contributed by atoms with Crippen LogP contribution in [0.1, 0.15) is 20.8 Å². The molecule has 14 nitrogen and oxygen atoms in total. The molecule has 0 aromatic heterocycles. The Balaban J connectivity index is 2.50. The fourth-order valence-electron chi connectivity index (χ4n) is 4.58. The highest BCUT2D eigenvalue weighted by atomic mass is 16.8. The molecule has 2 heterocycles. The number of ether oxygens (including phenoxy) is 11. The van der Waals surface area contributed by atoms with Crippen molar-refractivity contribution in [3.8, 4) is 0 Å². The molecule has 0 saturated carbocycles. The van der Waals surface area contributed by atoms with Gasteiger partial charge in [-0.2, -0.15) is 0 Å². The van der Waals surface area contributed by atoms with Gasteiger partial charge in [0.2, 0.25) is 5.79 Å². The number of esters is 3. The molecule has 9 atom stereocenters. The van der Waals surface area contributed by atoms with Crippen molar-refractivity contribution >= 4 is 17.9 Å². The van der Waals surface area contributed by atoms with Crippen LogP contribution in [0.25, 0.3) is 0 Å². The minimum atomic E-state index is -1.59. The summed E-state index contributed by atoms with van der Waals surface area (Å²) in [6, 6.07) is 0. The van der Waals surface area contributed by atoms with Gasteiger partial charge in [0, 0.05) is 56.3 Å². The Hall–Kier alpha value is -1.91. The highest BCUT2D eigenvalue weighted by molar-refractivity contribution is 5.67. The second kappa shape index (κ2) is 14.3. The summed E-state index contributed by atoms with van der Waals surface area (Å²) in [7, 11) is 7.26. The monoisotopic (exact) mass is 538 g/mol. The molecule has 0 aliphatic carbocycles. The first-order valence-corrected chi connectivity index (χ1v) is 11.6. The lowest BCUT2D eigenvalue weighted by atomic mass is 9.97. The molecule has 0 aromatic carbocycles. The topological polar surface area (TPSA) is 153 Å². The highest BCUT2D eigenvalue weighted by Gasteiger charge is 2.61. The summed E-state index contributed by atoms with van der Waals surface area (Å²) in [5.74, 6) is -3.53. The number of rotatable bonds is 13. The van der Waals surface area contributed by atoms with Crippen molar-refractivity contribution in [2.24, 2.45) is 0 Å². The van der Waals surface area contributed by atoms with Crippen molar-refractivity contribution < 1.29 is 66.5 Å². The summed E-state index contributed by atoms with van der Waals surface area (Å²) in [5.41, 5.74) is 0.